The van der Waals surface area contributed by atoms with E-state index < -0.39 is 6.10 Å². The summed E-state index contributed by atoms with van der Waals surface area (Å²) in [6, 6.07) is 7.72. The van der Waals surface area contributed by atoms with Crippen molar-refractivity contribution in [1.29, 1.82) is 0 Å². The Morgan fingerprint density at radius 2 is 1.89 bits per heavy atom. The van der Waals surface area contributed by atoms with E-state index in [2.05, 4.69) is 5.10 Å². The van der Waals surface area contributed by atoms with Crippen molar-refractivity contribution in [2.45, 2.75) is 33.4 Å². The Kier molecular flexibility index (Phi) is 3.73. The van der Waals surface area contributed by atoms with Gasteiger partial charge in [-0.15, -0.1) is 0 Å². The molecule has 1 unspecified atom stereocenters. The van der Waals surface area contributed by atoms with Gasteiger partial charge in [-0.3, -0.25) is 4.68 Å². The summed E-state index contributed by atoms with van der Waals surface area (Å²) >= 11 is 5.86. The van der Waals surface area contributed by atoms with Gasteiger partial charge in [-0.25, -0.2) is 0 Å². The van der Waals surface area contributed by atoms with Gasteiger partial charge in [0.05, 0.1) is 18.3 Å². The molecule has 4 heteroatoms. The summed E-state index contributed by atoms with van der Waals surface area (Å²) in [4.78, 5) is 0. The molecule has 0 spiro atoms. The van der Waals surface area contributed by atoms with Crippen LogP contribution in [0.3, 0.4) is 0 Å². The Morgan fingerprint density at radius 3 is 2.39 bits per heavy atom. The van der Waals surface area contributed by atoms with E-state index in [1.807, 2.05) is 42.8 Å². The van der Waals surface area contributed by atoms with E-state index in [1.54, 1.807) is 6.92 Å². The fourth-order valence-corrected chi connectivity index (χ4v) is 2.36. The number of aliphatic hydroxyl groups excluding tert-OH is 1. The zero-order valence-corrected chi connectivity index (χ0v) is 11.6. The van der Waals surface area contributed by atoms with Crippen LogP contribution in [0.2, 0.25) is 5.02 Å². The smallest absolute Gasteiger partial charge is 0.0797 e. The number of rotatable bonds is 3. The molecule has 3 nitrogen and oxygen atoms in total. The third-order valence-corrected chi connectivity index (χ3v) is 3.35. The first-order valence-electron chi connectivity index (χ1n) is 5.95. The molecular weight excluding hydrogens is 248 g/mol. The number of nitrogens with zero attached hydrogens (tertiary/aromatic N) is 2. The molecule has 0 radical (unpaired) electrons. The molecule has 1 aromatic carbocycles. The average molecular weight is 265 g/mol. The number of hydrogen-bond donors (Lipinski definition) is 1. The zero-order valence-electron chi connectivity index (χ0n) is 10.8. The van der Waals surface area contributed by atoms with Crippen molar-refractivity contribution in [3.63, 3.8) is 0 Å². The van der Waals surface area contributed by atoms with Gasteiger partial charge in [0.15, 0.2) is 0 Å². The maximum absolute atomic E-state index is 9.73. The highest BCUT2D eigenvalue weighted by Crippen LogP contribution is 2.21. The summed E-state index contributed by atoms with van der Waals surface area (Å²) in [5.74, 6) is 0. The Bertz CT molecular complexity index is 544. The van der Waals surface area contributed by atoms with Crippen molar-refractivity contribution in [2.24, 2.45) is 0 Å². The summed E-state index contributed by atoms with van der Waals surface area (Å²) < 4.78 is 1.92. The lowest BCUT2D eigenvalue weighted by Gasteiger charge is -2.07. The minimum Gasteiger partial charge on any atom is -0.389 e. The Balaban J connectivity index is 2.30. The van der Waals surface area contributed by atoms with Crippen LogP contribution < -0.4 is 0 Å². The summed E-state index contributed by atoms with van der Waals surface area (Å²) in [5.41, 5.74) is 3.96. The minimum absolute atomic E-state index is 0.482. The molecule has 0 saturated heterocycles. The van der Waals surface area contributed by atoms with E-state index in [0.717, 1.165) is 27.5 Å². The van der Waals surface area contributed by atoms with Gasteiger partial charge < -0.3 is 5.11 Å². The van der Waals surface area contributed by atoms with E-state index in [-0.39, 0.29) is 0 Å². The predicted molar refractivity (Wildman–Crippen MR) is 72.9 cm³/mol. The van der Waals surface area contributed by atoms with Crippen LogP contribution >= 0.6 is 11.6 Å². The van der Waals surface area contributed by atoms with Crippen LogP contribution in [-0.2, 0) is 6.54 Å². The molecule has 0 fully saturated rings. The molecular formula is C14H17ClN2O. The van der Waals surface area contributed by atoms with E-state index in [4.69, 9.17) is 11.6 Å². The lowest BCUT2D eigenvalue weighted by Crippen LogP contribution is -2.04. The van der Waals surface area contributed by atoms with Gasteiger partial charge in [0, 0.05) is 16.3 Å². The molecule has 1 aromatic heterocycles. The van der Waals surface area contributed by atoms with Crippen LogP contribution in [0.15, 0.2) is 24.3 Å². The molecule has 2 aromatic rings. The number of benzene rings is 1. The summed E-state index contributed by atoms with van der Waals surface area (Å²) in [5, 5.41) is 14.9. The van der Waals surface area contributed by atoms with E-state index >= 15 is 0 Å². The minimum atomic E-state index is -0.482. The van der Waals surface area contributed by atoms with Crippen molar-refractivity contribution in [3.05, 3.63) is 51.8 Å². The van der Waals surface area contributed by atoms with Gasteiger partial charge in [0.25, 0.3) is 0 Å². The Hall–Kier alpha value is -1.32. The Labute approximate surface area is 112 Å². The van der Waals surface area contributed by atoms with Gasteiger partial charge in [-0.05, 0) is 38.5 Å². The molecule has 18 heavy (non-hydrogen) atoms. The number of aryl methyl sites for hydroxylation is 1. The first-order valence-corrected chi connectivity index (χ1v) is 6.33. The fraction of sp³-hybridized carbons (Fsp3) is 0.357. The first kappa shape index (κ1) is 13.1. The molecule has 1 atom stereocenters. The molecule has 0 amide bonds. The van der Waals surface area contributed by atoms with Crippen molar-refractivity contribution in [3.8, 4) is 0 Å². The molecule has 0 aliphatic carbocycles. The number of aromatic nitrogens is 2. The molecule has 0 bridgehead atoms. The number of halogens is 1. The topological polar surface area (TPSA) is 38.0 Å². The molecule has 0 aliphatic rings. The van der Waals surface area contributed by atoms with Crippen molar-refractivity contribution in [1.82, 2.24) is 9.78 Å². The Morgan fingerprint density at radius 1 is 1.28 bits per heavy atom. The highest BCUT2D eigenvalue weighted by atomic mass is 35.5. The molecule has 1 N–H and O–H groups in total. The molecule has 1 heterocycles. The van der Waals surface area contributed by atoms with Gasteiger partial charge >= 0.3 is 0 Å². The molecule has 0 saturated carbocycles. The monoisotopic (exact) mass is 264 g/mol. The van der Waals surface area contributed by atoms with Crippen LogP contribution in [0, 0.1) is 13.8 Å². The van der Waals surface area contributed by atoms with Crippen molar-refractivity contribution >= 4 is 11.6 Å². The van der Waals surface area contributed by atoms with Crippen LogP contribution in [0.1, 0.15) is 35.5 Å². The van der Waals surface area contributed by atoms with Crippen LogP contribution in [0.25, 0.3) is 0 Å². The highest BCUT2D eigenvalue weighted by molar-refractivity contribution is 6.30. The lowest BCUT2D eigenvalue weighted by atomic mass is 10.1. The zero-order chi connectivity index (χ0) is 13.3. The normalized spacial score (nSPS) is 12.7. The van der Waals surface area contributed by atoms with Crippen molar-refractivity contribution < 1.29 is 5.11 Å². The fourth-order valence-electron chi connectivity index (χ4n) is 2.23. The van der Waals surface area contributed by atoms with E-state index in [0.29, 0.717) is 6.54 Å². The van der Waals surface area contributed by atoms with Gasteiger partial charge in [0.2, 0.25) is 0 Å². The molecule has 0 aliphatic heterocycles. The SMILES string of the molecule is Cc1nn(Cc2ccc(Cl)cc2)c(C)c1C(C)O. The molecule has 96 valence electrons. The van der Waals surface area contributed by atoms with Gasteiger partial charge in [0.1, 0.15) is 0 Å². The quantitative estimate of drug-likeness (QED) is 0.924. The summed E-state index contributed by atoms with van der Waals surface area (Å²) in [6.07, 6.45) is -0.482. The van der Waals surface area contributed by atoms with Crippen LogP contribution in [-0.4, -0.2) is 14.9 Å². The maximum atomic E-state index is 9.73. The number of hydrogen-bond acceptors (Lipinski definition) is 2. The van der Waals surface area contributed by atoms with Gasteiger partial charge in [-0.1, -0.05) is 23.7 Å². The number of aliphatic hydroxyl groups is 1. The largest absolute Gasteiger partial charge is 0.389 e. The van der Waals surface area contributed by atoms with Crippen molar-refractivity contribution in [2.75, 3.05) is 0 Å². The van der Waals surface area contributed by atoms with Gasteiger partial charge in [-0.2, -0.15) is 5.10 Å². The average Bonchev–Trinajstić information content (AvgIpc) is 2.57. The molecule has 2 rings (SSSR count). The standard InChI is InChI=1S/C14H17ClN2O/c1-9-14(11(3)18)10(2)17(16-9)8-12-4-6-13(15)7-5-12/h4-7,11,18H,8H2,1-3H3. The third kappa shape index (κ3) is 2.57. The van der Waals surface area contributed by atoms with E-state index in [1.165, 1.54) is 0 Å². The highest BCUT2D eigenvalue weighted by Gasteiger charge is 2.15. The third-order valence-electron chi connectivity index (χ3n) is 3.10. The lowest BCUT2D eigenvalue weighted by molar-refractivity contribution is 0.197. The second-order valence-corrected chi connectivity index (χ2v) is 4.98. The predicted octanol–water partition coefficient (Wildman–Crippen LogP) is 3.25. The van der Waals surface area contributed by atoms with E-state index in [9.17, 15) is 5.11 Å². The second kappa shape index (κ2) is 5.12. The summed E-state index contributed by atoms with van der Waals surface area (Å²) in [7, 11) is 0. The van der Waals surface area contributed by atoms with Crippen LogP contribution in [0.4, 0.5) is 0 Å². The summed E-state index contributed by atoms with van der Waals surface area (Å²) in [6.45, 7) is 6.37. The first-order chi connectivity index (χ1) is 8.49. The van der Waals surface area contributed by atoms with Crippen LogP contribution in [0.5, 0.6) is 0 Å². The maximum Gasteiger partial charge on any atom is 0.0797 e. The second-order valence-electron chi connectivity index (χ2n) is 4.54.